The summed E-state index contributed by atoms with van der Waals surface area (Å²) in [6.07, 6.45) is 0.585. The van der Waals surface area contributed by atoms with Gasteiger partial charge in [-0.05, 0) is 43.0 Å². The summed E-state index contributed by atoms with van der Waals surface area (Å²) in [5.41, 5.74) is 2.27. The van der Waals surface area contributed by atoms with Gasteiger partial charge in [0, 0.05) is 6.42 Å². The number of benzene rings is 2. The minimum atomic E-state index is -3.61. The van der Waals surface area contributed by atoms with Crippen molar-refractivity contribution in [2.75, 3.05) is 20.0 Å². The van der Waals surface area contributed by atoms with Gasteiger partial charge in [-0.25, -0.2) is 13.2 Å². The zero-order chi connectivity index (χ0) is 23.5. The Morgan fingerprint density at radius 2 is 1.69 bits per heavy atom. The number of carboxylic acids is 1. The normalized spacial score (nSPS) is 20.3. The number of aliphatic carboxylic acids is 1. The van der Waals surface area contributed by atoms with Crippen LogP contribution in [0, 0.1) is 0 Å². The van der Waals surface area contributed by atoms with E-state index in [1.165, 1.54) is 6.92 Å². The average molecular weight is 462 g/mol. The quantitative estimate of drug-likeness (QED) is 0.620. The molecule has 9 heteroatoms. The van der Waals surface area contributed by atoms with Crippen LogP contribution in [0.4, 0.5) is 0 Å². The van der Waals surface area contributed by atoms with Crippen molar-refractivity contribution in [2.45, 2.75) is 37.0 Å². The number of carbonyl (C=O) groups excluding carboxylic acids is 1. The molecule has 1 saturated heterocycles. The van der Waals surface area contributed by atoms with Crippen LogP contribution in [0.5, 0.6) is 11.5 Å². The summed E-state index contributed by atoms with van der Waals surface area (Å²) in [6, 6.07) is 11.4. The van der Waals surface area contributed by atoms with Gasteiger partial charge in [-0.2, -0.15) is 0 Å². The van der Waals surface area contributed by atoms with Crippen molar-refractivity contribution in [1.82, 2.24) is 5.32 Å². The molecule has 1 unspecified atom stereocenters. The zero-order valence-electron chi connectivity index (χ0n) is 18.3. The fraction of sp³-hybridized carbons (Fsp3) is 0.391. The van der Waals surface area contributed by atoms with Crippen molar-refractivity contribution in [3.8, 4) is 22.6 Å². The molecule has 2 aromatic rings. The molecular weight excluding hydrogens is 434 g/mol. The van der Waals surface area contributed by atoms with Crippen molar-refractivity contribution in [3.63, 3.8) is 0 Å². The third-order valence-electron chi connectivity index (χ3n) is 5.95. The Hall–Kier alpha value is -3.07. The van der Waals surface area contributed by atoms with Crippen molar-refractivity contribution in [3.05, 3.63) is 48.0 Å². The predicted octanol–water partition coefficient (Wildman–Crippen LogP) is 2.45. The Bertz CT molecular complexity index is 1090. The van der Waals surface area contributed by atoms with Crippen LogP contribution < -0.4 is 14.8 Å². The van der Waals surface area contributed by atoms with Crippen LogP contribution in [0.15, 0.2) is 42.5 Å². The SMILES string of the molecule is COc1cccc(OC)c1-c1ccc(C[C@H](NC(=O)C2(C)CCCS2(=O)=O)C(=O)O)cc1. The van der Waals surface area contributed by atoms with Crippen molar-refractivity contribution in [1.29, 1.82) is 0 Å². The Balaban J connectivity index is 1.80. The first kappa shape index (κ1) is 23.6. The van der Waals surface area contributed by atoms with E-state index in [-0.39, 0.29) is 18.6 Å². The van der Waals surface area contributed by atoms with E-state index in [1.807, 2.05) is 30.3 Å². The molecular formula is C23H27NO7S. The summed E-state index contributed by atoms with van der Waals surface area (Å²) in [6.45, 7) is 1.36. The van der Waals surface area contributed by atoms with E-state index < -0.39 is 32.5 Å². The van der Waals surface area contributed by atoms with Gasteiger partial charge in [-0.1, -0.05) is 30.3 Å². The highest BCUT2D eigenvalue weighted by atomic mass is 32.2. The molecule has 0 spiro atoms. The number of methoxy groups -OCH3 is 2. The maximum atomic E-state index is 12.7. The summed E-state index contributed by atoms with van der Waals surface area (Å²) in [7, 11) is -0.474. The topological polar surface area (TPSA) is 119 Å². The predicted molar refractivity (Wildman–Crippen MR) is 120 cm³/mol. The smallest absolute Gasteiger partial charge is 0.326 e. The Kier molecular flexibility index (Phi) is 6.78. The maximum absolute atomic E-state index is 12.7. The van der Waals surface area contributed by atoms with Crippen LogP contribution in [0.3, 0.4) is 0 Å². The number of carboxylic acid groups (broad SMARTS) is 1. The minimum Gasteiger partial charge on any atom is -0.496 e. The molecule has 8 nitrogen and oxygen atoms in total. The molecule has 1 heterocycles. The van der Waals surface area contributed by atoms with Gasteiger partial charge in [0.1, 0.15) is 22.3 Å². The van der Waals surface area contributed by atoms with Crippen LogP contribution in [-0.4, -0.2) is 56.2 Å². The van der Waals surface area contributed by atoms with Gasteiger partial charge in [0.15, 0.2) is 9.84 Å². The van der Waals surface area contributed by atoms with Crippen LogP contribution in [0.25, 0.3) is 11.1 Å². The number of carbonyl (C=O) groups is 2. The van der Waals surface area contributed by atoms with Crippen molar-refractivity contribution in [2.24, 2.45) is 0 Å². The molecule has 1 aliphatic heterocycles. The number of nitrogens with one attached hydrogen (secondary N) is 1. The van der Waals surface area contributed by atoms with Gasteiger partial charge in [0.25, 0.3) is 0 Å². The second-order valence-electron chi connectivity index (χ2n) is 7.96. The van der Waals surface area contributed by atoms with Crippen molar-refractivity contribution < 1.29 is 32.6 Å². The highest BCUT2D eigenvalue weighted by molar-refractivity contribution is 7.93. The molecule has 2 aromatic carbocycles. The fourth-order valence-electron chi connectivity index (χ4n) is 3.92. The molecule has 0 saturated carbocycles. The summed E-state index contributed by atoms with van der Waals surface area (Å²) < 4.78 is 33.8. The maximum Gasteiger partial charge on any atom is 0.326 e. The summed E-state index contributed by atoms with van der Waals surface area (Å²) in [5, 5.41) is 12.0. The van der Waals surface area contributed by atoms with Gasteiger partial charge in [-0.15, -0.1) is 0 Å². The highest BCUT2D eigenvalue weighted by Crippen LogP contribution is 2.38. The number of hydrogen-bond acceptors (Lipinski definition) is 6. The first-order valence-corrected chi connectivity index (χ1v) is 11.8. The lowest BCUT2D eigenvalue weighted by Gasteiger charge is -2.24. The molecule has 3 rings (SSSR count). The van der Waals surface area contributed by atoms with E-state index in [1.54, 1.807) is 26.4 Å². The van der Waals surface area contributed by atoms with Gasteiger partial charge in [0.2, 0.25) is 5.91 Å². The van der Waals surface area contributed by atoms with Crippen LogP contribution in [-0.2, 0) is 25.8 Å². The molecule has 0 aromatic heterocycles. The first-order valence-electron chi connectivity index (χ1n) is 10.2. The summed E-state index contributed by atoms with van der Waals surface area (Å²) in [5.74, 6) is -0.786. The molecule has 1 fully saturated rings. The standard InChI is InChI=1S/C23H27NO7S/c1-23(12-5-13-32(23,28)29)22(27)24-17(21(25)26)14-15-8-10-16(11-9-15)20-18(30-2)6-4-7-19(20)31-3/h4,6-11,17H,5,12-14H2,1-3H3,(H,24,27)(H,25,26)/t17-,23?/m0/s1. The summed E-state index contributed by atoms with van der Waals surface area (Å²) in [4.78, 5) is 24.5. The molecule has 0 bridgehead atoms. The fourth-order valence-corrected chi connectivity index (χ4v) is 5.70. The lowest BCUT2D eigenvalue weighted by molar-refractivity contribution is -0.142. The number of sulfone groups is 1. The molecule has 0 aliphatic carbocycles. The van der Waals surface area contributed by atoms with Crippen molar-refractivity contribution >= 4 is 21.7 Å². The molecule has 1 amide bonds. The molecule has 2 N–H and O–H groups in total. The third-order valence-corrected chi connectivity index (χ3v) is 8.54. The van der Waals surface area contributed by atoms with Crippen LogP contribution in [0.1, 0.15) is 25.3 Å². The van der Waals surface area contributed by atoms with Gasteiger partial charge >= 0.3 is 5.97 Å². The van der Waals surface area contributed by atoms with E-state index in [4.69, 9.17) is 9.47 Å². The number of ether oxygens (including phenoxy) is 2. The Morgan fingerprint density at radius 3 is 2.16 bits per heavy atom. The number of hydrogen-bond donors (Lipinski definition) is 2. The van der Waals surface area contributed by atoms with E-state index in [0.717, 1.165) is 11.1 Å². The minimum absolute atomic E-state index is 0.0144. The second kappa shape index (κ2) is 9.20. The van der Waals surface area contributed by atoms with Gasteiger partial charge in [-0.3, -0.25) is 4.79 Å². The molecule has 2 atom stereocenters. The van der Waals surface area contributed by atoms with E-state index in [9.17, 15) is 23.1 Å². The molecule has 0 radical (unpaired) electrons. The molecule has 32 heavy (non-hydrogen) atoms. The Morgan fingerprint density at radius 1 is 1.09 bits per heavy atom. The lowest BCUT2D eigenvalue weighted by Crippen LogP contribution is -2.53. The summed E-state index contributed by atoms with van der Waals surface area (Å²) >= 11 is 0. The largest absolute Gasteiger partial charge is 0.496 e. The second-order valence-corrected chi connectivity index (χ2v) is 10.5. The first-order chi connectivity index (χ1) is 15.1. The van der Waals surface area contributed by atoms with E-state index >= 15 is 0 Å². The number of rotatable bonds is 8. The van der Waals surface area contributed by atoms with Gasteiger partial charge < -0.3 is 19.9 Å². The van der Waals surface area contributed by atoms with Crippen LogP contribution in [0.2, 0.25) is 0 Å². The molecule has 1 aliphatic rings. The number of amides is 1. The van der Waals surface area contributed by atoms with E-state index in [2.05, 4.69) is 5.32 Å². The Labute approximate surface area is 187 Å². The average Bonchev–Trinajstić information content (AvgIpc) is 3.06. The zero-order valence-corrected chi connectivity index (χ0v) is 19.1. The lowest BCUT2D eigenvalue weighted by atomic mass is 9.98. The third kappa shape index (κ3) is 4.43. The molecule has 172 valence electrons. The van der Waals surface area contributed by atoms with Crippen LogP contribution >= 0.6 is 0 Å². The highest BCUT2D eigenvalue weighted by Gasteiger charge is 2.50. The van der Waals surface area contributed by atoms with E-state index in [0.29, 0.717) is 23.5 Å². The monoisotopic (exact) mass is 461 g/mol. The van der Waals surface area contributed by atoms with Gasteiger partial charge in [0.05, 0.1) is 25.5 Å².